The van der Waals surface area contributed by atoms with Crippen molar-refractivity contribution < 1.29 is 20.1 Å². The van der Waals surface area contributed by atoms with Crippen LogP contribution in [0.15, 0.2) is 12.1 Å². The van der Waals surface area contributed by atoms with Gasteiger partial charge in [0, 0.05) is 29.3 Å². The van der Waals surface area contributed by atoms with Gasteiger partial charge in [0.15, 0.2) is 6.23 Å². The highest BCUT2D eigenvalue weighted by atomic mass is 16.3. The molecule has 0 aliphatic carbocycles. The molecule has 0 saturated heterocycles. The van der Waals surface area contributed by atoms with Gasteiger partial charge >= 0.3 is 0 Å². The van der Waals surface area contributed by atoms with E-state index in [9.17, 15) is 20.1 Å². The topological polar surface area (TPSA) is 81.0 Å². The van der Waals surface area contributed by atoms with Crippen molar-refractivity contribution in [1.29, 1.82) is 0 Å². The summed E-state index contributed by atoms with van der Waals surface area (Å²) in [6.45, 7) is 5.90. The number of aliphatic hydroxyl groups excluding tert-OH is 1. The Morgan fingerprint density at radius 1 is 1.28 bits per heavy atom. The molecule has 0 aromatic heterocycles. The number of rotatable bonds is 0. The number of benzene rings is 1. The second-order valence-electron chi connectivity index (χ2n) is 5.53. The first-order chi connectivity index (χ1) is 8.21. The molecule has 0 fully saturated rings. The van der Waals surface area contributed by atoms with Gasteiger partial charge in [-0.05, 0) is 26.8 Å². The van der Waals surface area contributed by atoms with E-state index < -0.39 is 17.6 Å². The van der Waals surface area contributed by atoms with Crippen molar-refractivity contribution in [3.05, 3.63) is 23.3 Å². The van der Waals surface area contributed by atoms with E-state index in [0.717, 1.165) is 0 Å². The van der Waals surface area contributed by atoms with Gasteiger partial charge in [-0.3, -0.25) is 9.69 Å². The van der Waals surface area contributed by atoms with Gasteiger partial charge in [0.25, 0.3) is 0 Å². The van der Waals surface area contributed by atoms with Gasteiger partial charge in [-0.1, -0.05) is 0 Å². The molecule has 18 heavy (non-hydrogen) atoms. The molecule has 1 aromatic rings. The number of Topliss-reactive ketones (excluding diaryl/α,β-unsaturated/α-hetero) is 1. The Morgan fingerprint density at radius 3 is 2.44 bits per heavy atom. The van der Waals surface area contributed by atoms with E-state index in [1.165, 1.54) is 12.1 Å². The van der Waals surface area contributed by atoms with Gasteiger partial charge in [0.2, 0.25) is 5.78 Å². The van der Waals surface area contributed by atoms with E-state index in [2.05, 4.69) is 0 Å². The van der Waals surface area contributed by atoms with Crippen molar-refractivity contribution in [1.82, 2.24) is 4.90 Å². The SMILES string of the molecule is CC(C)(C)N1Cc2c(O)cc(O)cc2C(=O)C1O. The fourth-order valence-electron chi connectivity index (χ4n) is 2.17. The first kappa shape index (κ1) is 12.9. The van der Waals surface area contributed by atoms with Gasteiger partial charge in [-0.2, -0.15) is 0 Å². The molecule has 0 saturated carbocycles. The highest BCUT2D eigenvalue weighted by molar-refractivity contribution is 6.02. The van der Waals surface area contributed by atoms with E-state index in [4.69, 9.17) is 0 Å². The number of phenolic OH excluding ortho intramolecular Hbond substituents is 2. The lowest BCUT2D eigenvalue weighted by molar-refractivity contribution is -0.0439. The zero-order valence-corrected chi connectivity index (χ0v) is 10.6. The monoisotopic (exact) mass is 251 g/mol. The number of aromatic hydroxyl groups is 2. The molecule has 1 aromatic carbocycles. The predicted octanol–water partition coefficient (Wildman–Crippen LogP) is 1.21. The van der Waals surface area contributed by atoms with Crippen LogP contribution in [0, 0.1) is 0 Å². The zero-order valence-electron chi connectivity index (χ0n) is 10.6. The molecule has 1 atom stereocenters. The van der Waals surface area contributed by atoms with E-state index in [1.807, 2.05) is 20.8 Å². The normalized spacial score (nSPS) is 20.9. The molecule has 1 unspecified atom stereocenters. The molecule has 0 spiro atoms. The number of fused-ring (bicyclic) bond motifs is 1. The maximum absolute atomic E-state index is 12.1. The van der Waals surface area contributed by atoms with Gasteiger partial charge < -0.3 is 15.3 Å². The number of ketones is 1. The molecule has 3 N–H and O–H groups in total. The molecule has 5 nitrogen and oxygen atoms in total. The number of carbonyl (C=O) groups is 1. The molecule has 1 heterocycles. The first-order valence-electron chi connectivity index (χ1n) is 5.75. The first-order valence-corrected chi connectivity index (χ1v) is 5.75. The molecule has 5 heteroatoms. The van der Waals surface area contributed by atoms with Crippen molar-refractivity contribution >= 4 is 5.78 Å². The second kappa shape index (κ2) is 3.96. The number of phenols is 2. The van der Waals surface area contributed by atoms with Crippen molar-refractivity contribution in [3.63, 3.8) is 0 Å². The molecule has 1 aliphatic rings. The molecule has 98 valence electrons. The van der Waals surface area contributed by atoms with Crippen LogP contribution >= 0.6 is 0 Å². The molecule has 1 aliphatic heterocycles. The fourth-order valence-corrected chi connectivity index (χ4v) is 2.17. The van der Waals surface area contributed by atoms with Crippen LogP contribution in [-0.2, 0) is 6.54 Å². The van der Waals surface area contributed by atoms with Crippen LogP contribution in [0.3, 0.4) is 0 Å². The van der Waals surface area contributed by atoms with Crippen LogP contribution in [0.25, 0.3) is 0 Å². The lowest BCUT2D eigenvalue weighted by Gasteiger charge is -2.41. The Bertz CT molecular complexity index is 504. The molecule has 2 rings (SSSR count). The Hall–Kier alpha value is -1.59. The molecule has 0 bridgehead atoms. The molecular weight excluding hydrogens is 234 g/mol. The number of nitrogens with zero attached hydrogens (tertiary/aromatic N) is 1. The van der Waals surface area contributed by atoms with Crippen molar-refractivity contribution in [2.75, 3.05) is 0 Å². The van der Waals surface area contributed by atoms with Crippen LogP contribution in [0.2, 0.25) is 0 Å². The smallest absolute Gasteiger partial charge is 0.207 e. The lowest BCUT2D eigenvalue weighted by Crippen LogP contribution is -2.53. The van der Waals surface area contributed by atoms with Crippen LogP contribution < -0.4 is 0 Å². The third-order valence-electron chi connectivity index (χ3n) is 3.20. The maximum atomic E-state index is 12.1. The van der Waals surface area contributed by atoms with Crippen LogP contribution in [0.5, 0.6) is 11.5 Å². The predicted molar refractivity (Wildman–Crippen MR) is 65.4 cm³/mol. The van der Waals surface area contributed by atoms with Crippen molar-refractivity contribution in [2.24, 2.45) is 0 Å². The van der Waals surface area contributed by atoms with E-state index in [0.29, 0.717) is 5.56 Å². The summed E-state index contributed by atoms with van der Waals surface area (Å²) in [5, 5.41) is 29.2. The van der Waals surface area contributed by atoms with E-state index in [1.54, 1.807) is 4.90 Å². The number of hydrogen-bond donors (Lipinski definition) is 3. The van der Waals surface area contributed by atoms with Gasteiger partial charge in [-0.15, -0.1) is 0 Å². The number of carbonyl (C=O) groups excluding carboxylic acids is 1. The molecular formula is C13H17NO4. The zero-order chi connectivity index (χ0) is 13.7. The Balaban J connectivity index is 2.55. The standard InChI is InChI=1S/C13H17NO4/c1-13(2,3)14-6-9-8(11(17)12(14)18)4-7(15)5-10(9)16/h4-5,12,15-16,18H,6H2,1-3H3. The van der Waals surface area contributed by atoms with Gasteiger partial charge in [0.05, 0.1) is 0 Å². The minimum atomic E-state index is -1.25. The Morgan fingerprint density at radius 2 is 1.89 bits per heavy atom. The van der Waals surface area contributed by atoms with E-state index in [-0.39, 0.29) is 23.6 Å². The molecule has 0 radical (unpaired) electrons. The Labute approximate surface area is 105 Å². The van der Waals surface area contributed by atoms with Gasteiger partial charge in [0.1, 0.15) is 11.5 Å². The minimum absolute atomic E-state index is 0.125. The second-order valence-corrected chi connectivity index (χ2v) is 5.53. The largest absolute Gasteiger partial charge is 0.508 e. The molecule has 0 amide bonds. The maximum Gasteiger partial charge on any atom is 0.207 e. The fraction of sp³-hybridized carbons (Fsp3) is 0.462. The lowest BCUT2D eigenvalue weighted by atomic mass is 9.92. The minimum Gasteiger partial charge on any atom is -0.508 e. The third-order valence-corrected chi connectivity index (χ3v) is 3.20. The number of aliphatic hydroxyl groups is 1. The highest BCUT2D eigenvalue weighted by Gasteiger charge is 2.39. The summed E-state index contributed by atoms with van der Waals surface area (Å²) < 4.78 is 0. The summed E-state index contributed by atoms with van der Waals surface area (Å²) in [6, 6.07) is 2.48. The average molecular weight is 251 g/mol. The summed E-state index contributed by atoms with van der Waals surface area (Å²) in [6.07, 6.45) is -1.25. The summed E-state index contributed by atoms with van der Waals surface area (Å²) in [5.74, 6) is -0.812. The van der Waals surface area contributed by atoms with Crippen LogP contribution in [-0.4, -0.2) is 37.8 Å². The Kier molecular flexibility index (Phi) is 2.83. The summed E-state index contributed by atoms with van der Waals surface area (Å²) in [4.78, 5) is 13.7. The quantitative estimate of drug-likeness (QED) is 0.646. The average Bonchev–Trinajstić information content (AvgIpc) is 2.22. The van der Waals surface area contributed by atoms with Gasteiger partial charge in [-0.25, -0.2) is 0 Å². The summed E-state index contributed by atoms with van der Waals surface area (Å²) >= 11 is 0. The summed E-state index contributed by atoms with van der Waals surface area (Å²) in [7, 11) is 0. The highest BCUT2D eigenvalue weighted by Crippen LogP contribution is 2.35. The summed E-state index contributed by atoms with van der Waals surface area (Å²) in [5.41, 5.74) is 0.218. The number of hydrogen-bond acceptors (Lipinski definition) is 5. The van der Waals surface area contributed by atoms with Crippen LogP contribution in [0.1, 0.15) is 36.7 Å². The third kappa shape index (κ3) is 1.95. The van der Waals surface area contributed by atoms with Crippen molar-refractivity contribution in [3.8, 4) is 11.5 Å². The van der Waals surface area contributed by atoms with E-state index >= 15 is 0 Å². The van der Waals surface area contributed by atoms with Crippen molar-refractivity contribution in [2.45, 2.75) is 39.1 Å². The van der Waals surface area contributed by atoms with Crippen LogP contribution in [0.4, 0.5) is 0 Å².